The average Bonchev–Trinajstić information content (AvgIpc) is 2.80. The first-order valence-electron chi connectivity index (χ1n) is 5.28. The fourth-order valence-electron chi connectivity index (χ4n) is 1.23. The third-order valence-electron chi connectivity index (χ3n) is 2.43. The van der Waals surface area contributed by atoms with E-state index in [1.54, 1.807) is 25.3 Å². The van der Waals surface area contributed by atoms with Crippen molar-refractivity contribution in [2.75, 3.05) is 20.4 Å². The summed E-state index contributed by atoms with van der Waals surface area (Å²) in [6.45, 7) is 3.26. The second-order valence-electron chi connectivity index (χ2n) is 4.13. The maximum atomic E-state index is 12.1. The molecule has 0 spiro atoms. The maximum absolute atomic E-state index is 12.1. The van der Waals surface area contributed by atoms with Crippen LogP contribution in [0.5, 0.6) is 5.75 Å². The molecule has 0 aromatic carbocycles. The van der Waals surface area contributed by atoms with Gasteiger partial charge in [-0.2, -0.15) is 0 Å². The lowest BCUT2D eigenvalue weighted by Gasteiger charge is -2.25. The molecule has 0 unspecified atom stereocenters. The zero-order valence-corrected chi connectivity index (χ0v) is 12.5. The predicted octanol–water partition coefficient (Wildman–Crippen LogP) is 2.96. The molecule has 0 saturated heterocycles. The van der Waals surface area contributed by atoms with E-state index in [1.807, 2.05) is 5.38 Å². The molecule has 0 fully saturated rings. The van der Waals surface area contributed by atoms with E-state index in [-0.39, 0.29) is 11.9 Å². The predicted molar refractivity (Wildman–Crippen MR) is 70.5 cm³/mol. The Morgan fingerprint density at radius 2 is 2.00 bits per heavy atom. The minimum Gasteiger partial charge on any atom is -0.479 e. The van der Waals surface area contributed by atoms with Gasteiger partial charge in [0.05, 0.1) is 0 Å². The molecule has 0 radical (unpaired) electrons. The zero-order chi connectivity index (χ0) is 13.8. The van der Waals surface area contributed by atoms with Crippen LogP contribution in [0.1, 0.15) is 13.8 Å². The van der Waals surface area contributed by atoms with E-state index >= 15 is 0 Å². The minimum absolute atomic E-state index is 0.308. The Kier molecular flexibility index (Phi) is 5.10. The fraction of sp³-hybridized carbons (Fsp3) is 0.545. The van der Waals surface area contributed by atoms with Gasteiger partial charge < -0.3 is 13.8 Å². The van der Waals surface area contributed by atoms with E-state index in [0.29, 0.717) is 5.75 Å². The summed E-state index contributed by atoms with van der Waals surface area (Å²) in [6, 6.07) is 1.77. The van der Waals surface area contributed by atoms with E-state index < -0.39 is 13.2 Å². The summed E-state index contributed by atoms with van der Waals surface area (Å²) in [4.78, 5) is 12.1. The Morgan fingerprint density at radius 3 is 2.44 bits per heavy atom. The van der Waals surface area contributed by atoms with Crippen molar-refractivity contribution in [1.29, 1.82) is 0 Å². The highest BCUT2D eigenvalue weighted by atomic mass is 32.1. The molecule has 0 amide bonds. The van der Waals surface area contributed by atoms with Crippen LogP contribution in [-0.2, 0) is 18.4 Å². The molecule has 7 heteroatoms. The van der Waals surface area contributed by atoms with E-state index in [0.717, 1.165) is 0 Å². The molecule has 0 atom stereocenters. The molecule has 0 aliphatic rings. The standard InChI is InChI=1S/C11H17O5PS/c1-11(2,16-9-5-6-18-8-9)10(12)7-17(13,14-3)15-4/h5-6,8H,7H2,1-4H3. The third-order valence-corrected chi connectivity index (χ3v) is 4.88. The number of rotatable bonds is 7. The first-order valence-corrected chi connectivity index (χ1v) is 7.95. The van der Waals surface area contributed by atoms with Crippen molar-refractivity contribution in [2.45, 2.75) is 19.4 Å². The zero-order valence-electron chi connectivity index (χ0n) is 10.8. The Bertz CT molecular complexity index is 432. The molecule has 0 aliphatic carbocycles. The van der Waals surface area contributed by atoms with E-state index in [2.05, 4.69) is 0 Å². The number of hydrogen-bond donors (Lipinski definition) is 0. The van der Waals surface area contributed by atoms with Gasteiger partial charge in [0.25, 0.3) is 0 Å². The number of carbonyl (C=O) groups is 1. The van der Waals surface area contributed by atoms with Gasteiger partial charge in [0.2, 0.25) is 0 Å². The first kappa shape index (κ1) is 15.4. The molecule has 5 nitrogen and oxygen atoms in total. The van der Waals surface area contributed by atoms with Gasteiger partial charge in [0.15, 0.2) is 11.4 Å². The molecule has 1 aromatic heterocycles. The van der Waals surface area contributed by atoms with Crippen molar-refractivity contribution in [2.24, 2.45) is 0 Å². The summed E-state index contributed by atoms with van der Waals surface area (Å²) < 4.78 is 27.0. The van der Waals surface area contributed by atoms with E-state index in [1.165, 1.54) is 25.6 Å². The SMILES string of the molecule is COP(=O)(CC(=O)C(C)(C)Oc1ccsc1)OC. The molecule has 1 aromatic rings. The molecule has 18 heavy (non-hydrogen) atoms. The lowest BCUT2D eigenvalue weighted by atomic mass is 10.1. The lowest BCUT2D eigenvalue weighted by molar-refractivity contribution is -0.129. The smallest absolute Gasteiger partial charge is 0.337 e. The quantitative estimate of drug-likeness (QED) is 0.723. The van der Waals surface area contributed by atoms with Crippen LogP contribution in [0.3, 0.4) is 0 Å². The number of thiophene rings is 1. The third kappa shape index (κ3) is 3.92. The highest BCUT2D eigenvalue weighted by Crippen LogP contribution is 2.47. The largest absolute Gasteiger partial charge is 0.479 e. The lowest BCUT2D eigenvalue weighted by Crippen LogP contribution is -2.40. The summed E-state index contributed by atoms with van der Waals surface area (Å²) in [5.41, 5.74) is -1.08. The highest BCUT2D eigenvalue weighted by Gasteiger charge is 2.36. The molecule has 0 saturated carbocycles. The summed E-state index contributed by atoms with van der Waals surface area (Å²) in [5.74, 6) is 0.281. The van der Waals surface area contributed by atoms with Crippen molar-refractivity contribution in [3.8, 4) is 5.75 Å². The van der Waals surface area contributed by atoms with Crippen LogP contribution in [0.15, 0.2) is 16.8 Å². The van der Waals surface area contributed by atoms with E-state index in [4.69, 9.17) is 13.8 Å². The van der Waals surface area contributed by atoms with Crippen LogP contribution in [0.25, 0.3) is 0 Å². The summed E-state index contributed by atoms with van der Waals surface area (Å²) >= 11 is 1.47. The molecule has 1 heterocycles. The molecule has 102 valence electrons. The molecular formula is C11H17O5PS. The molecule has 1 rings (SSSR count). The number of ether oxygens (including phenoxy) is 1. The van der Waals surface area contributed by atoms with Crippen LogP contribution < -0.4 is 4.74 Å². The Labute approximate surface area is 111 Å². The second kappa shape index (κ2) is 5.97. The van der Waals surface area contributed by atoms with Crippen LogP contribution in [0.4, 0.5) is 0 Å². The van der Waals surface area contributed by atoms with Crippen LogP contribution in [0.2, 0.25) is 0 Å². The summed E-state index contributed by atoms with van der Waals surface area (Å²) in [6.07, 6.45) is -0.308. The highest BCUT2D eigenvalue weighted by molar-refractivity contribution is 7.54. The van der Waals surface area contributed by atoms with E-state index in [9.17, 15) is 9.36 Å². The monoisotopic (exact) mass is 292 g/mol. The Balaban J connectivity index is 2.73. The molecule has 0 aliphatic heterocycles. The van der Waals surface area contributed by atoms with Crippen molar-refractivity contribution in [3.63, 3.8) is 0 Å². The average molecular weight is 292 g/mol. The maximum Gasteiger partial charge on any atom is 0.337 e. The summed E-state index contributed by atoms with van der Waals surface area (Å²) in [7, 11) is -0.842. The van der Waals surface area contributed by atoms with Crippen molar-refractivity contribution >= 4 is 24.7 Å². The number of hydrogen-bond acceptors (Lipinski definition) is 6. The topological polar surface area (TPSA) is 61.8 Å². The van der Waals surface area contributed by atoms with Crippen molar-refractivity contribution < 1.29 is 23.1 Å². The number of carbonyl (C=O) groups excluding carboxylic acids is 1. The molecule has 0 N–H and O–H groups in total. The van der Waals surface area contributed by atoms with Gasteiger partial charge in [-0.15, -0.1) is 11.3 Å². The first-order chi connectivity index (χ1) is 8.33. The molecule has 0 bridgehead atoms. The van der Waals surface area contributed by atoms with Crippen molar-refractivity contribution in [3.05, 3.63) is 16.8 Å². The van der Waals surface area contributed by atoms with Crippen molar-refractivity contribution in [1.82, 2.24) is 0 Å². The fourth-order valence-corrected chi connectivity index (χ4v) is 2.92. The normalized spacial score (nSPS) is 12.4. The Hall–Kier alpha value is -0.680. The van der Waals surface area contributed by atoms with Gasteiger partial charge in [-0.1, -0.05) is 0 Å². The van der Waals surface area contributed by atoms with Gasteiger partial charge in [-0.05, 0) is 25.3 Å². The number of ketones is 1. The minimum atomic E-state index is -3.35. The van der Waals surface area contributed by atoms with Gasteiger partial charge in [0, 0.05) is 19.6 Å². The number of Topliss-reactive ketones (excluding diaryl/α,β-unsaturated/α-hetero) is 1. The Morgan fingerprint density at radius 1 is 1.39 bits per heavy atom. The van der Waals surface area contributed by atoms with Crippen LogP contribution in [-0.4, -0.2) is 31.8 Å². The van der Waals surface area contributed by atoms with Gasteiger partial charge >= 0.3 is 7.60 Å². The second-order valence-corrected chi connectivity index (χ2v) is 7.18. The van der Waals surface area contributed by atoms with Crippen LogP contribution in [0, 0.1) is 0 Å². The molecular weight excluding hydrogens is 275 g/mol. The summed E-state index contributed by atoms with van der Waals surface area (Å²) in [5, 5.41) is 3.65. The van der Waals surface area contributed by atoms with Gasteiger partial charge in [-0.3, -0.25) is 9.36 Å². The van der Waals surface area contributed by atoms with Gasteiger partial charge in [0.1, 0.15) is 11.9 Å². The van der Waals surface area contributed by atoms with Crippen LogP contribution >= 0.6 is 18.9 Å². The van der Waals surface area contributed by atoms with Gasteiger partial charge in [-0.25, -0.2) is 0 Å².